The van der Waals surface area contributed by atoms with E-state index in [1.807, 2.05) is 145 Å². The third kappa shape index (κ3) is 27.4. The van der Waals surface area contributed by atoms with Gasteiger partial charge in [0.15, 0.2) is 6.29 Å². The second kappa shape index (κ2) is 34.5. The molecule has 0 radical (unpaired) electrons. The lowest BCUT2D eigenvalue weighted by molar-refractivity contribution is -0.309. The van der Waals surface area contributed by atoms with E-state index in [9.17, 15) is 76.7 Å². The van der Waals surface area contributed by atoms with Crippen LogP contribution in [0.3, 0.4) is 0 Å². The van der Waals surface area contributed by atoms with Crippen molar-refractivity contribution in [2.45, 2.75) is 149 Å². The minimum absolute atomic E-state index is 0.00126. The standard InChI is InChI=1S/C32H41F6N3O5.C24H31NO4.C8H10F6N2O2/c1-22-8-11-24(21-39-15-17-40(18-16-39)29(43)45-28(31(33,34)35)32(36,37)38)26(19-22)41(14-6-7-27(42)46-30(2,3)4)20-23-9-12-25(44-5)13-10-23;1-18-8-11-20(17-26)22(15-18)25(14-6-7-23(27)29-24(2,3)4)16-19-9-12-21(28-5)13-10-19;9-7(10,11)5(8(12,13)14)18-6(17)16-3-1-15-2-4-16/h8-13,19,28H,6-7,14-18,20-21H2,1-5H3;8-13,15,17H,6-7,14,16H2,1-5H3;5,15H,1-4H2. The number of alkyl halides is 12. The maximum absolute atomic E-state index is 12.9. The van der Waals surface area contributed by atoms with Crippen LogP contribution in [0.15, 0.2) is 84.9 Å². The number of benzene rings is 4. The highest BCUT2D eigenvalue weighted by Crippen LogP contribution is 2.38. The van der Waals surface area contributed by atoms with Gasteiger partial charge >= 0.3 is 48.8 Å². The van der Waals surface area contributed by atoms with E-state index in [4.69, 9.17) is 18.9 Å². The van der Waals surface area contributed by atoms with Crippen LogP contribution in [0.4, 0.5) is 73.6 Å². The van der Waals surface area contributed by atoms with Crippen molar-refractivity contribution >= 4 is 41.8 Å². The van der Waals surface area contributed by atoms with Crippen molar-refractivity contribution in [3.63, 3.8) is 0 Å². The molecule has 4 aromatic carbocycles. The van der Waals surface area contributed by atoms with E-state index < -0.39 is 60.3 Å². The first kappa shape index (κ1) is 77.8. The number of anilines is 2. The van der Waals surface area contributed by atoms with Gasteiger partial charge in [-0.05, 0) is 139 Å². The molecule has 0 unspecified atom stereocenters. The molecule has 2 aliphatic heterocycles. The molecule has 0 saturated carbocycles. The summed E-state index contributed by atoms with van der Waals surface area (Å²) in [5, 5.41) is 2.79. The van der Waals surface area contributed by atoms with E-state index in [-0.39, 0.29) is 70.7 Å². The number of aryl methyl sites for hydroxylation is 2. The number of piperazine rings is 2. The van der Waals surface area contributed by atoms with Gasteiger partial charge in [0.2, 0.25) is 0 Å². The monoisotopic (exact) mass is 1340 g/mol. The van der Waals surface area contributed by atoms with Crippen molar-refractivity contribution in [2.75, 3.05) is 89.5 Å². The minimum Gasteiger partial charge on any atom is -0.497 e. The number of aldehydes is 1. The fourth-order valence-corrected chi connectivity index (χ4v) is 9.38. The maximum Gasteiger partial charge on any atom is 0.434 e. The molecule has 518 valence electrons. The fraction of sp³-hybridized carbons (Fsp3) is 0.547. The van der Waals surface area contributed by atoms with Gasteiger partial charge in [-0.25, -0.2) is 9.59 Å². The number of methoxy groups -OCH3 is 2. The summed E-state index contributed by atoms with van der Waals surface area (Å²) in [6, 6.07) is 27.2. The number of nitrogens with zero attached hydrogens (tertiary/aromatic N) is 5. The number of halogens is 12. The van der Waals surface area contributed by atoms with E-state index in [1.54, 1.807) is 14.2 Å². The molecule has 93 heavy (non-hydrogen) atoms. The van der Waals surface area contributed by atoms with Gasteiger partial charge in [0, 0.05) is 115 Å². The van der Waals surface area contributed by atoms with Gasteiger partial charge < -0.3 is 53.3 Å². The molecule has 6 rings (SSSR count). The highest BCUT2D eigenvalue weighted by Gasteiger charge is 2.61. The zero-order valence-corrected chi connectivity index (χ0v) is 53.6. The number of amides is 2. The number of ether oxygens (including phenoxy) is 6. The predicted molar refractivity (Wildman–Crippen MR) is 322 cm³/mol. The molecule has 0 bridgehead atoms. The molecule has 0 aliphatic carbocycles. The molecule has 1 N–H and O–H groups in total. The molecule has 2 fully saturated rings. The van der Waals surface area contributed by atoms with Crippen LogP contribution in [0.2, 0.25) is 0 Å². The van der Waals surface area contributed by atoms with Crippen LogP contribution in [0.25, 0.3) is 0 Å². The zero-order chi connectivity index (χ0) is 69.7. The Hall–Kier alpha value is -7.69. The maximum atomic E-state index is 12.9. The summed E-state index contributed by atoms with van der Waals surface area (Å²) in [6.07, 6.45) is -31.9. The van der Waals surface area contributed by atoms with Crippen LogP contribution in [0.1, 0.15) is 105 Å². The second-order valence-electron chi connectivity index (χ2n) is 23.9. The van der Waals surface area contributed by atoms with E-state index in [0.29, 0.717) is 63.3 Å². The van der Waals surface area contributed by atoms with Crippen LogP contribution >= 0.6 is 0 Å². The summed E-state index contributed by atoms with van der Waals surface area (Å²) in [7, 11) is 3.22. The zero-order valence-electron chi connectivity index (χ0n) is 53.6. The van der Waals surface area contributed by atoms with E-state index in [2.05, 4.69) is 24.6 Å². The molecular formula is C64H82F12N6O11. The van der Waals surface area contributed by atoms with Crippen LogP contribution in [-0.2, 0) is 48.2 Å². The van der Waals surface area contributed by atoms with Crippen molar-refractivity contribution in [3.8, 4) is 11.5 Å². The van der Waals surface area contributed by atoms with Crippen molar-refractivity contribution in [1.82, 2.24) is 20.0 Å². The largest absolute Gasteiger partial charge is 0.497 e. The summed E-state index contributed by atoms with van der Waals surface area (Å²) in [5.74, 6) is 1.01. The van der Waals surface area contributed by atoms with Crippen LogP contribution < -0.4 is 24.6 Å². The van der Waals surface area contributed by atoms with Gasteiger partial charge in [-0.2, -0.15) is 52.7 Å². The van der Waals surface area contributed by atoms with Crippen LogP contribution in [0.5, 0.6) is 11.5 Å². The molecule has 29 heteroatoms. The Kier molecular flexibility index (Phi) is 28.8. The number of esters is 2. The Morgan fingerprint density at radius 1 is 0.527 bits per heavy atom. The molecule has 2 heterocycles. The van der Waals surface area contributed by atoms with Gasteiger partial charge in [0.1, 0.15) is 22.7 Å². The lowest BCUT2D eigenvalue weighted by atomic mass is 10.1. The number of hydrogen-bond donors (Lipinski definition) is 1. The van der Waals surface area contributed by atoms with Crippen molar-refractivity contribution < 1.29 is 105 Å². The van der Waals surface area contributed by atoms with Crippen LogP contribution in [-0.4, -0.2) is 173 Å². The molecule has 2 amide bonds. The van der Waals surface area contributed by atoms with Gasteiger partial charge in [0.25, 0.3) is 12.2 Å². The summed E-state index contributed by atoms with van der Waals surface area (Å²) >= 11 is 0. The summed E-state index contributed by atoms with van der Waals surface area (Å²) < 4.78 is 179. The van der Waals surface area contributed by atoms with Gasteiger partial charge in [-0.1, -0.05) is 42.5 Å². The number of rotatable bonds is 21. The van der Waals surface area contributed by atoms with Crippen molar-refractivity contribution in [3.05, 3.63) is 118 Å². The fourth-order valence-electron chi connectivity index (χ4n) is 9.38. The van der Waals surface area contributed by atoms with Crippen molar-refractivity contribution in [2.24, 2.45) is 0 Å². The van der Waals surface area contributed by atoms with Crippen molar-refractivity contribution in [1.29, 1.82) is 0 Å². The Morgan fingerprint density at radius 3 is 1.28 bits per heavy atom. The molecule has 0 aromatic heterocycles. The third-order valence-corrected chi connectivity index (χ3v) is 13.8. The van der Waals surface area contributed by atoms with Gasteiger partial charge in [0.05, 0.1) is 14.2 Å². The number of carbonyl (C=O) groups is 5. The summed E-state index contributed by atoms with van der Waals surface area (Å²) in [5.41, 5.74) is 6.47. The molecule has 17 nitrogen and oxygen atoms in total. The highest BCUT2D eigenvalue weighted by molar-refractivity contribution is 5.85. The lowest BCUT2D eigenvalue weighted by Gasteiger charge is -2.36. The molecule has 2 saturated heterocycles. The first-order valence-corrected chi connectivity index (χ1v) is 29.7. The average Bonchev–Trinajstić information content (AvgIpc) is 0.874. The Labute approximate surface area is 533 Å². The number of nitrogens with one attached hydrogen (secondary N) is 1. The first-order chi connectivity index (χ1) is 43.2. The smallest absolute Gasteiger partial charge is 0.434 e. The average molecular weight is 1340 g/mol. The molecule has 4 aromatic rings. The summed E-state index contributed by atoms with van der Waals surface area (Å²) in [6.45, 7) is 18.5. The van der Waals surface area contributed by atoms with E-state index >= 15 is 0 Å². The van der Waals surface area contributed by atoms with E-state index in [0.717, 1.165) is 61.0 Å². The number of carbonyl (C=O) groups excluding carboxylic acids is 5. The SMILES string of the molecule is COc1ccc(CN(CCCC(=O)OC(C)(C)C)c2cc(C)ccc2C=O)cc1.COc1ccc(CN(CCCC(=O)OC(C)(C)C)c2cc(C)ccc2CN2CCN(C(=O)OC(C(F)(F)F)C(F)(F)F)CC2)cc1.O=C(OC(C(F)(F)F)C(F)(F)F)N1CCNCC1. The van der Waals surface area contributed by atoms with E-state index in [1.165, 1.54) is 0 Å². The normalized spacial score (nSPS) is 14.2. The summed E-state index contributed by atoms with van der Waals surface area (Å²) in [4.78, 5) is 67.4. The predicted octanol–water partition coefficient (Wildman–Crippen LogP) is 13.3. The molecule has 2 aliphatic rings. The topological polar surface area (TPSA) is 169 Å². The molecular weight excluding hydrogens is 1260 g/mol. The minimum atomic E-state index is -5.78. The van der Waals surface area contributed by atoms with Gasteiger partial charge in [-0.15, -0.1) is 0 Å². The quantitative estimate of drug-likeness (QED) is 0.0362. The lowest BCUT2D eigenvalue weighted by Crippen LogP contribution is -2.52. The third-order valence-electron chi connectivity index (χ3n) is 13.8. The van der Waals surface area contributed by atoms with Crippen LogP contribution in [0, 0.1) is 13.8 Å². The first-order valence-electron chi connectivity index (χ1n) is 29.7. The highest BCUT2D eigenvalue weighted by atomic mass is 19.4. The second-order valence-corrected chi connectivity index (χ2v) is 23.9. The molecule has 0 atom stereocenters. The number of hydrogen-bond acceptors (Lipinski definition) is 15. The molecule has 0 spiro atoms. The Morgan fingerprint density at radius 2 is 0.903 bits per heavy atom. The Balaban J connectivity index is 0.000000332. The Bertz CT molecular complexity index is 2980. The van der Waals surface area contributed by atoms with Gasteiger partial charge in [-0.3, -0.25) is 19.3 Å².